The quantitative estimate of drug-likeness (QED) is 0.221. The Kier molecular flexibility index (Phi) is 10.6. The predicted molar refractivity (Wildman–Crippen MR) is 209 cm³/mol. The number of piperazine rings is 1. The summed E-state index contributed by atoms with van der Waals surface area (Å²) < 4.78 is 2.13. The first-order valence-corrected chi connectivity index (χ1v) is 19.8. The molecular formula is C41H52N10O3. The van der Waals surface area contributed by atoms with E-state index in [-0.39, 0.29) is 29.7 Å². The van der Waals surface area contributed by atoms with Gasteiger partial charge in [-0.05, 0) is 80.9 Å². The second kappa shape index (κ2) is 15.8. The molecule has 54 heavy (non-hydrogen) atoms. The van der Waals surface area contributed by atoms with Gasteiger partial charge in [-0.2, -0.15) is 4.98 Å². The average molecular weight is 733 g/mol. The summed E-state index contributed by atoms with van der Waals surface area (Å²) in [6, 6.07) is 15.3. The maximum absolute atomic E-state index is 13.1. The number of hydrogen-bond donors (Lipinski definition) is 2. The molecule has 13 heteroatoms. The Morgan fingerprint density at radius 1 is 0.870 bits per heavy atom. The first kappa shape index (κ1) is 36.1. The molecule has 3 aliphatic heterocycles. The van der Waals surface area contributed by atoms with Crippen LogP contribution in [0.4, 0.5) is 17.5 Å². The highest BCUT2D eigenvalue weighted by molar-refractivity contribution is 6.01. The minimum absolute atomic E-state index is 0.0147. The van der Waals surface area contributed by atoms with Gasteiger partial charge in [0.1, 0.15) is 17.2 Å². The molecular weight excluding hydrogens is 681 g/mol. The third-order valence-corrected chi connectivity index (χ3v) is 12.0. The van der Waals surface area contributed by atoms with E-state index in [4.69, 9.17) is 9.97 Å². The number of carbonyl (C=O) groups is 3. The van der Waals surface area contributed by atoms with Crippen molar-refractivity contribution in [1.29, 1.82) is 0 Å². The second-order valence-electron chi connectivity index (χ2n) is 15.6. The lowest BCUT2D eigenvalue weighted by Crippen LogP contribution is -2.53. The summed E-state index contributed by atoms with van der Waals surface area (Å²) >= 11 is 0. The van der Waals surface area contributed by atoms with E-state index in [9.17, 15) is 14.4 Å². The molecule has 1 aliphatic carbocycles. The van der Waals surface area contributed by atoms with Crippen molar-refractivity contribution in [2.24, 2.45) is 0 Å². The van der Waals surface area contributed by atoms with Crippen LogP contribution < -0.4 is 15.5 Å². The summed E-state index contributed by atoms with van der Waals surface area (Å²) in [4.78, 5) is 60.3. The molecule has 4 fully saturated rings. The highest BCUT2D eigenvalue weighted by Crippen LogP contribution is 2.35. The second-order valence-corrected chi connectivity index (χ2v) is 15.6. The number of amides is 3. The molecule has 3 saturated heterocycles. The van der Waals surface area contributed by atoms with E-state index in [1.54, 1.807) is 25.2 Å². The molecule has 3 aromatic heterocycles. The lowest BCUT2D eigenvalue weighted by atomic mass is 9.90. The predicted octanol–water partition coefficient (Wildman–Crippen LogP) is 4.74. The third-order valence-electron chi connectivity index (χ3n) is 12.0. The van der Waals surface area contributed by atoms with E-state index in [0.717, 1.165) is 100 Å². The summed E-state index contributed by atoms with van der Waals surface area (Å²) in [7, 11) is 3.58. The van der Waals surface area contributed by atoms with Crippen LogP contribution in [0.1, 0.15) is 84.9 Å². The zero-order valence-corrected chi connectivity index (χ0v) is 31.5. The van der Waals surface area contributed by atoms with Crippen LogP contribution in [-0.4, -0.2) is 118 Å². The van der Waals surface area contributed by atoms with Crippen LogP contribution in [0.5, 0.6) is 0 Å². The molecule has 0 radical (unpaired) electrons. The van der Waals surface area contributed by atoms with Crippen LogP contribution >= 0.6 is 0 Å². The number of rotatable bonds is 10. The van der Waals surface area contributed by atoms with Crippen LogP contribution in [0.2, 0.25) is 0 Å². The van der Waals surface area contributed by atoms with Crippen LogP contribution in [0.15, 0.2) is 54.9 Å². The van der Waals surface area contributed by atoms with Gasteiger partial charge in [-0.3, -0.25) is 24.6 Å². The van der Waals surface area contributed by atoms with E-state index < -0.39 is 0 Å². The highest BCUT2D eigenvalue weighted by Gasteiger charge is 2.30. The van der Waals surface area contributed by atoms with Crippen molar-refractivity contribution >= 4 is 46.2 Å². The molecule has 1 aromatic carbocycles. The number of pyridine rings is 1. The number of nitrogens with zero attached hydrogens (tertiary/aromatic N) is 8. The number of carbonyl (C=O) groups excluding carboxylic acids is 3. The third kappa shape index (κ3) is 7.83. The summed E-state index contributed by atoms with van der Waals surface area (Å²) in [6.45, 7) is 7.36. The van der Waals surface area contributed by atoms with Crippen molar-refractivity contribution in [2.75, 3.05) is 70.1 Å². The Labute approximate surface area is 317 Å². The SMILES string of the molecule is CN(C)C(=O)c1cc2cnc(Nc3ccc(N4CCN(C5CCN(CCc6ccc(C7CCC(=O)NC7=O)cc6)CC5)CC4)cn3)nc2n1C1CCCC1. The first-order chi connectivity index (χ1) is 26.3. The number of aromatic nitrogens is 4. The van der Waals surface area contributed by atoms with Gasteiger partial charge in [-0.15, -0.1) is 0 Å². The van der Waals surface area contributed by atoms with E-state index in [2.05, 4.69) is 65.2 Å². The molecule has 8 rings (SSSR count). The Balaban J connectivity index is 0.799. The number of benzene rings is 1. The smallest absolute Gasteiger partial charge is 0.270 e. The van der Waals surface area contributed by atoms with Crippen molar-refractivity contribution in [3.05, 3.63) is 71.7 Å². The molecule has 284 valence electrons. The zero-order valence-electron chi connectivity index (χ0n) is 31.5. The lowest BCUT2D eigenvalue weighted by molar-refractivity contribution is -0.134. The van der Waals surface area contributed by atoms with Crippen LogP contribution in [0.3, 0.4) is 0 Å². The minimum Gasteiger partial charge on any atom is -0.368 e. The fourth-order valence-electron chi connectivity index (χ4n) is 8.82. The normalized spacial score (nSPS) is 20.8. The van der Waals surface area contributed by atoms with Gasteiger partial charge in [-0.25, -0.2) is 9.97 Å². The van der Waals surface area contributed by atoms with Crippen molar-refractivity contribution < 1.29 is 14.4 Å². The van der Waals surface area contributed by atoms with Crippen LogP contribution in [0, 0.1) is 0 Å². The zero-order chi connectivity index (χ0) is 37.2. The van der Waals surface area contributed by atoms with Crippen molar-refractivity contribution in [2.45, 2.75) is 75.8 Å². The Morgan fingerprint density at radius 3 is 2.31 bits per heavy atom. The number of anilines is 3. The van der Waals surface area contributed by atoms with Gasteiger partial charge in [0.05, 0.1) is 17.8 Å². The number of piperidine rings is 2. The number of nitrogens with one attached hydrogen (secondary N) is 2. The Hall–Kier alpha value is -4.88. The standard InChI is InChI=1S/C41H52N10O3/c1-47(2)40(54)35-25-30-26-43-41(46-38(30)51(35)32-5-3-4-6-32)44-36-13-11-33(27-42-36)50-23-21-49(22-24-50)31-16-19-48(20-17-31)18-15-28-7-9-29(10-8-28)34-12-14-37(52)45-39(34)53/h7-11,13,25-27,31-32,34H,3-6,12,14-24H2,1-2H3,(H,45,52,53)(H,42,43,44,46). The molecule has 1 atom stereocenters. The number of fused-ring (bicyclic) bond motifs is 1. The van der Waals surface area contributed by atoms with Gasteiger partial charge in [0.25, 0.3) is 5.91 Å². The summed E-state index contributed by atoms with van der Waals surface area (Å²) in [6.07, 6.45) is 12.6. The molecule has 3 amide bonds. The van der Waals surface area contributed by atoms with Gasteiger partial charge in [0.15, 0.2) is 0 Å². The minimum atomic E-state index is -0.224. The van der Waals surface area contributed by atoms with E-state index in [0.29, 0.717) is 36.3 Å². The van der Waals surface area contributed by atoms with Crippen LogP contribution in [0.25, 0.3) is 11.0 Å². The van der Waals surface area contributed by atoms with Gasteiger partial charge >= 0.3 is 0 Å². The van der Waals surface area contributed by atoms with Gasteiger partial charge in [0, 0.05) is 76.9 Å². The maximum atomic E-state index is 13.1. The van der Waals surface area contributed by atoms with E-state index in [1.165, 1.54) is 18.4 Å². The number of imide groups is 1. The fourth-order valence-corrected chi connectivity index (χ4v) is 8.82. The molecule has 0 spiro atoms. The molecule has 2 N–H and O–H groups in total. The summed E-state index contributed by atoms with van der Waals surface area (Å²) in [5.41, 5.74) is 4.87. The van der Waals surface area contributed by atoms with Crippen molar-refractivity contribution in [3.8, 4) is 0 Å². The van der Waals surface area contributed by atoms with Gasteiger partial charge in [0.2, 0.25) is 17.8 Å². The Morgan fingerprint density at radius 2 is 1.63 bits per heavy atom. The molecule has 6 heterocycles. The molecule has 1 saturated carbocycles. The largest absolute Gasteiger partial charge is 0.368 e. The molecule has 0 bridgehead atoms. The topological polar surface area (TPSA) is 132 Å². The monoisotopic (exact) mass is 732 g/mol. The fraction of sp³-hybridized carbons (Fsp3) is 0.512. The van der Waals surface area contributed by atoms with Crippen molar-refractivity contribution in [1.82, 2.24) is 39.5 Å². The maximum Gasteiger partial charge on any atom is 0.270 e. The summed E-state index contributed by atoms with van der Waals surface area (Å²) in [5, 5.41) is 6.64. The molecule has 13 nitrogen and oxygen atoms in total. The molecule has 4 aromatic rings. The summed E-state index contributed by atoms with van der Waals surface area (Å²) in [5.74, 6) is 0.582. The van der Waals surface area contributed by atoms with Crippen LogP contribution in [-0.2, 0) is 16.0 Å². The Bertz CT molecular complexity index is 1960. The molecule has 4 aliphatic rings. The number of hydrogen-bond acceptors (Lipinski definition) is 10. The number of likely N-dealkylation sites (tertiary alicyclic amines) is 1. The van der Waals surface area contributed by atoms with E-state index >= 15 is 0 Å². The lowest BCUT2D eigenvalue weighted by Gasteiger charge is -2.43. The van der Waals surface area contributed by atoms with Gasteiger partial charge < -0.3 is 24.6 Å². The first-order valence-electron chi connectivity index (χ1n) is 19.8. The van der Waals surface area contributed by atoms with Gasteiger partial charge in [-0.1, -0.05) is 37.1 Å². The van der Waals surface area contributed by atoms with Crippen molar-refractivity contribution in [3.63, 3.8) is 0 Å². The van der Waals surface area contributed by atoms with E-state index in [1.807, 2.05) is 18.3 Å². The molecule has 1 unspecified atom stereocenters. The average Bonchev–Trinajstić information content (AvgIpc) is 3.86. The highest BCUT2D eigenvalue weighted by atomic mass is 16.2.